The predicted octanol–water partition coefficient (Wildman–Crippen LogP) is 4.23. The lowest BCUT2D eigenvalue weighted by Gasteiger charge is -2.49. The number of carbonyl (C=O) groups excluding carboxylic acids is 5. The Hall–Kier alpha value is -4.02. The van der Waals surface area contributed by atoms with Gasteiger partial charge in [-0.1, -0.05) is 95.5 Å². The number of ether oxygens (including phenoxy) is 4. The van der Waals surface area contributed by atoms with Crippen LogP contribution in [0.5, 0.6) is 0 Å². The van der Waals surface area contributed by atoms with Crippen LogP contribution in [0.25, 0.3) is 0 Å². The summed E-state index contributed by atoms with van der Waals surface area (Å²) < 4.78 is 19.2. The molecule has 2 aromatic rings. The number of methoxy groups -OCH3 is 1. The van der Waals surface area contributed by atoms with E-state index in [0.717, 1.165) is 23.6 Å². The summed E-state index contributed by atoms with van der Waals surface area (Å²) >= 11 is 18.2. The van der Waals surface area contributed by atoms with Gasteiger partial charge in [-0.25, -0.2) is 14.4 Å². The average Bonchev–Trinajstić information content (AvgIpc) is 3.10. The molecule has 3 amide bonds. The molecule has 274 valence electrons. The monoisotopic (exact) mass is 785 g/mol. The minimum Gasteiger partial charge on any atom is -0.477 e. The van der Waals surface area contributed by atoms with Gasteiger partial charge in [-0.15, -0.1) is 11.8 Å². The van der Waals surface area contributed by atoms with E-state index in [9.17, 15) is 33.9 Å². The number of hydrogen-bond donors (Lipinski definition) is 3. The maximum absolute atomic E-state index is 13.6. The molecule has 51 heavy (non-hydrogen) atoms. The predicted molar refractivity (Wildman–Crippen MR) is 185 cm³/mol. The molecule has 0 bridgehead atoms. The summed E-state index contributed by atoms with van der Waals surface area (Å²) in [7, 11) is 1.23. The third-order valence-electron chi connectivity index (χ3n) is 7.57. The standard InChI is InChI=1S/C33H34Cl3N3O11S/c1-18(40)49-31(47-2)21-16-51-28-24(27(42)39(28)25(21)29(43)44)38-23(41)15-9-14-22(37-32(46)48-17-33(34,35)36)30(45)50-26(19-10-5-3-6-11-19)20-12-7-4-8-13-20/h3-8,10-13,22,24,26,28,31H,9,14-17H2,1-2H3,(H,37,46)(H,38,41)(H,43,44)/t22?,24-,28-,31?/m1/s1. The van der Waals surface area contributed by atoms with E-state index in [4.69, 9.17) is 53.8 Å². The number of β-lactam (4-membered cyclic amide) rings is 1. The van der Waals surface area contributed by atoms with Crippen LogP contribution in [0.2, 0.25) is 0 Å². The van der Waals surface area contributed by atoms with Crippen LogP contribution in [0, 0.1) is 0 Å². The topological polar surface area (TPSA) is 187 Å². The molecule has 0 aliphatic carbocycles. The van der Waals surface area contributed by atoms with Gasteiger partial charge in [0.05, 0.1) is 0 Å². The molecule has 2 aliphatic rings. The Labute approximate surface area is 312 Å². The summed E-state index contributed by atoms with van der Waals surface area (Å²) in [6.45, 7) is 0.532. The fourth-order valence-corrected chi connectivity index (χ4v) is 6.83. The Kier molecular flexibility index (Phi) is 14.0. The molecule has 2 heterocycles. The van der Waals surface area contributed by atoms with E-state index < -0.39 is 76.1 Å². The maximum Gasteiger partial charge on any atom is 0.407 e. The van der Waals surface area contributed by atoms with Crippen molar-refractivity contribution >= 4 is 82.4 Å². The first kappa shape index (κ1) is 39.8. The van der Waals surface area contributed by atoms with E-state index in [0.29, 0.717) is 11.1 Å². The quantitative estimate of drug-likeness (QED) is 0.0769. The maximum atomic E-state index is 13.6. The molecule has 2 aromatic carbocycles. The van der Waals surface area contributed by atoms with Crippen molar-refractivity contribution in [3.8, 4) is 0 Å². The third kappa shape index (κ3) is 10.7. The van der Waals surface area contributed by atoms with E-state index >= 15 is 0 Å². The smallest absolute Gasteiger partial charge is 0.407 e. The van der Waals surface area contributed by atoms with Crippen molar-refractivity contribution in [2.24, 2.45) is 0 Å². The minimum atomic E-state index is -1.90. The fraction of sp³-hybridized carbons (Fsp3) is 0.394. The normalized spacial score (nSPS) is 18.2. The Morgan fingerprint density at radius 3 is 2.14 bits per heavy atom. The van der Waals surface area contributed by atoms with Gasteiger partial charge in [0.1, 0.15) is 29.8 Å². The molecular formula is C33H34Cl3N3O11S. The Balaban J connectivity index is 1.42. The molecule has 14 nitrogen and oxygen atoms in total. The summed E-state index contributed by atoms with van der Waals surface area (Å²) in [4.78, 5) is 76.9. The van der Waals surface area contributed by atoms with Crippen LogP contribution in [-0.4, -0.2) is 92.8 Å². The second-order valence-corrected chi connectivity index (χ2v) is 14.9. The molecule has 4 rings (SSSR count). The first-order chi connectivity index (χ1) is 24.2. The summed E-state index contributed by atoms with van der Waals surface area (Å²) in [6, 6.07) is 15.6. The molecule has 0 aromatic heterocycles. The van der Waals surface area contributed by atoms with Crippen LogP contribution in [0.4, 0.5) is 4.79 Å². The molecule has 1 fully saturated rings. The lowest BCUT2D eigenvalue weighted by molar-refractivity contribution is -0.165. The van der Waals surface area contributed by atoms with Crippen molar-refractivity contribution in [1.29, 1.82) is 0 Å². The van der Waals surface area contributed by atoms with Gasteiger partial charge in [-0.2, -0.15) is 0 Å². The second kappa shape index (κ2) is 18.0. The molecule has 0 radical (unpaired) electrons. The van der Waals surface area contributed by atoms with Gasteiger partial charge in [0, 0.05) is 31.8 Å². The van der Waals surface area contributed by atoms with Gasteiger partial charge in [0.25, 0.3) is 5.91 Å². The van der Waals surface area contributed by atoms with E-state index in [1.807, 2.05) is 12.1 Å². The number of carboxylic acids is 1. The molecular weight excluding hydrogens is 753 g/mol. The molecule has 2 unspecified atom stereocenters. The number of alkyl halides is 3. The first-order valence-corrected chi connectivity index (χ1v) is 17.6. The average molecular weight is 787 g/mol. The third-order valence-corrected chi connectivity index (χ3v) is 9.20. The van der Waals surface area contributed by atoms with Crippen molar-refractivity contribution < 1.29 is 52.8 Å². The van der Waals surface area contributed by atoms with Crippen LogP contribution in [-0.2, 0) is 42.9 Å². The van der Waals surface area contributed by atoms with Crippen LogP contribution in [0.1, 0.15) is 43.4 Å². The van der Waals surface area contributed by atoms with Gasteiger partial charge in [0.2, 0.25) is 16.0 Å². The van der Waals surface area contributed by atoms with Gasteiger partial charge >= 0.3 is 24.0 Å². The number of carboxylic acid groups (broad SMARTS) is 1. The Bertz CT molecular complexity index is 1600. The van der Waals surface area contributed by atoms with Gasteiger partial charge in [-0.3, -0.25) is 19.3 Å². The minimum absolute atomic E-state index is 0.0441. The van der Waals surface area contributed by atoms with E-state index in [1.165, 1.54) is 7.11 Å². The number of thioether (sulfide) groups is 1. The number of carbonyl (C=O) groups is 6. The first-order valence-electron chi connectivity index (χ1n) is 15.4. The molecule has 1 saturated heterocycles. The largest absolute Gasteiger partial charge is 0.477 e. The van der Waals surface area contributed by atoms with Gasteiger partial charge in [-0.05, 0) is 24.0 Å². The number of nitrogens with one attached hydrogen (secondary N) is 2. The lowest BCUT2D eigenvalue weighted by Crippen LogP contribution is -2.70. The highest BCUT2D eigenvalue weighted by atomic mass is 35.6. The lowest BCUT2D eigenvalue weighted by atomic mass is 10.0. The Morgan fingerprint density at radius 1 is 1.00 bits per heavy atom. The zero-order chi connectivity index (χ0) is 37.3. The fourth-order valence-electron chi connectivity index (χ4n) is 5.31. The van der Waals surface area contributed by atoms with Gasteiger partial charge < -0.3 is 34.7 Å². The van der Waals surface area contributed by atoms with Crippen molar-refractivity contribution in [1.82, 2.24) is 15.5 Å². The summed E-state index contributed by atoms with van der Waals surface area (Å²) in [5.41, 5.74) is 1.04. The number of hydrogen-bond acceptors (Lipinski definition) is 11. The molecule has 0 saturated carbocycles. The van der Waals surface area contributed by atoms with Crippen molar-refractivity contribution in [3.05, 3.63) is 83.1 Å². The van der Waals surface area contributed by atoms with E-state index in [-0.39, 0.29) is 36.3 Å². The zero-order valence-corrected chi connectivity index (χ0v) is 30.3. The number of benzene rings is 2. The molecule has 2 aliphatic heterocycles. The highest BCUT2D eigenvalue weighted by Gasteiger charge is 2.55. The number of nitrogens with zero attached hydrogens (tertiary/aromatic N) is 1. The number of rotatable bonds is 15. The van der Waals surface area contributed by atoms with Crippen molar-refractivity contribution in [3.63, 3.8) is 0 Å². The second-order valence-electron chi connectivity index (χ2n) is 11.2. The number of alkyl carbamates (subject to hydrolysis) is 1. The Morgan fingerprint density at radius 2 is 1.61 bits per heavy atom. The van der Waals surface area contributed by atoms with Crippen LogP contribution >= 0.6 is 46.6 Å². The summed E-state index contributed by atoms with van der Waals surface area (Å²) in [5.74, 6) is -4.15. The molecule has 3 N–H and O–H groups in total. The van der Waals surface area contributed by atoms with Crippen LogP contribution in [0.3, 0.4) is 0 Å². The molecule has 0 spiro atoms. The number of esters is 2. The number of fused-ring (bicyclic) bond motifs is 1. The summed E-state index contributed by atoms with van der Waals surface area (Å²) in [5, 5.41) is 14.2. The van der Waals surface area contributed by atoms with Gasteiger partial charge in [0.15, 0.2) is 6.10 Å². The van der Waals surface area contributed by atoms with Crippen LogP contribution < -0.4 is 10.6 Å². The summed E-state index contributed by atoms with van der Waals surface area (Å²) in [6.07, 6.45) is -3.43. The van der Waals surface area contributed by atoms with Crippen LogP contribution in [0.15, 0.2) is 71.9 Å². The highest BCUT2D eigenvalue weighted by molar-refractivity contribution is 8.00. The highest BCUT2D eigenvalue weighted by Crippen LogP contribution is 2.42. The molecule has 4 atom stereocenters. The number of amides is 3. The van der Waals surface area contributed by atoms with Crippen molar-refractivity contribution in [2.75, 3.05) is 19.5 Å². The SMILES string of the molecule is COC(OC(C)=O)C1=C(C(=O)O)N2C(=O)[C@@H](NC(=O)CCCC(NC(=O)OCC(Cl)(Cl)Cl)C(=O)OC(c3ccccc3)c3ccccc3)[C@H]2SC1. The van der Waals surface area contributed by atoms with Crippen molar-refractivity contribution in [2.45, 2.75) is 59.8 Å². The number of halogens is 3. The number of aliphatic carboxylic acids is 1. The molecule has 18 heteroatoms. The van der Waals surface area contributed by atoms with E-state index in [1.54, 1.807) is 48.5 Å². The zero-order valence-electron chi connectivity index (χ0n) is 27.2. The van der Waals surface area contributed by atoms with E-state index in [2.05, 4.69) is 10.6 Å².